The van der Waals surface area contributed by atoms with Crippen molar-refractivity contribution < 1.29 is 14.3 Å². The van der Waals surface area contributed by atoms with E-state index >= 15 is 0 Å². The number of hydrogen-bond donors (Lipinski definition) is 2. The van der Waals surface area contributed by atoms with Gasteiger partial charge in [0.25, 0.3) is 5.91 Å². The minimum absolute atomic E-state index is 0.0453. The molecule has 2 amide bonds. The van der Waals surface area contributed by atoms with Gasteiger partial charge in [-0.2, -0.15) is 0 Å². The first-order chi connectivity index (χ1) is 12.0. The summed E-state index contributed by atoms with van der Waals surface area (Å²) >= 11 is 5.25. The zero-order valence-corrected chi connectivity index (χ0v) is 15.4. The number of anilines is 1. The molecular weight excluding hydrogens is 340 g/mol. The van der Waals surface area contributed by atoms with E-state index in [0.29, 0.717) is 42.5 Å². The third-order valence-electron chi connectivity index (χ3n) is 3.89. The highest BCUT2D eigenvalue weighted by molar-refractivity contribution is 7.80. The zero-order chi connectivity index (χ0) is 18.2. The third kappa shape index (κ3) is 5.14. The molecule has 1 aromatic carbocycles. The molecule has 1 aromatic rings. The fraction of sp³-hybridized carbons (Fsp3) is 0.471. The lowest BCUT2D eigenvalue weighted by atomic mass is 10.1. The van der Waals surface area contributed by atoms with Gasteiger partial charge < -0.3 is 15.0 Å². The average Bonchev–Trinajstić information content (AvgIpc) is 3.04. The first-order valence-electron chi connectivity index (χ1n) is 8.25. The smallest absolute Gasteiger partial charge is 0.271 e. The van der Waals surface area contributed by atoms with Gasteiger partial charge in [0.05, 0.1) is 11.3 Å². The molecule has 2 N–H and O–H groups in total. The number of methoxy groups -OCH3 is 1. The van der Waals surface area contributed by atoms with E-state index in [-0.39, 0.29) is 11.8 Å². The van der Waals surface area contributed by atoms with Crippen LogP contribution in [0.3, 0.4) is 0 Å². The Balaban J connectivity index is 1.98. The number of ether oxygens (including phenoxy) is 1. The summed E-state index contributed by atoms with van der Waals surface area (Å²) in [5.41, 5.74) is 3.82. The molecule has 1 heterocycles. The Bertz CT molecular complexity index is 638. The molecule has 0 aromatic heterocycles. The Morgan fingerprint density at radius 3 is 2.84 bits per heavy atom. The first-order valence-corrected chi connectivity index (χ1v) is 8.66. The van der Waals surface area contributed by atoms with Gasteiger partial charge in [0, 0.05) is 40.3 Å². The van der Waals surface area contributed by atoms with Crippen LogP contribution in [0.25, 0.3) is 0 Å². The van der Waals surface area contributed by atoms with Gasteiger partial charge in [0.15, 0.2) is 5.11 Å². The van der Waals surface area contributed by atoms with Gasteiger partial charge in [-0.15, -0.1) is 0 Å². The second-order valence-electron chi connectivity index (χ2n) is 5.74. The van der Waals surface area contributed by atoms with E-state index in [0.717, 1.165) is 12.8 Å². The lowest BCUT2D eigenvalue weighted by Gasteiger charge is -2.24. The van der Waals surface area contributed by atoms with Crippen LogP contribution in [0.4, 0.5) is 5.69 Å². The number of nitrogens with one attached hydrogen (secondary N) is 2. The highest BCUT2D eigenvalue weighted by Crippen LogP contribution is 2.25. The van der Waals surface area contributed by atoms with Gasteiger partial charge in [-0.25, -0.2) is 0 Å². The summed E-state index contributed by atoms with van der Waals surface area (Å²) in [4.78, 5) is 26.3. The van der Waals surface area contributed by atoms with Crippen LogP contribution in [0.1, 0.15) is 29.6 Å². The number of hydrazine groups is 1. The predicted octanol–water partition coefficient (Wildman–Crippen LogP) is 1.30. The maximum Gasteiger partial charge on any atom is 0.271 e. The van der Waals surface area contributed by atoms with Gasteiger partial charge in [0.1, 0.15) is 0 Å². The molecule has 0 unspecified atom stereocenters. The van der Waals surface area contributed by atoms with Crippen LogP contribution in [0.2, 0.25) is 0 Å². The lowest BCUT2D eigenvalue weighted by Crippen LogP contribution is -2.48. The van der Waals surface area contributed by atoms with Crippen molar-refractivity contribution in [3.8, 4) is 0 Å². The quantitative estimate of drug-likeness (QED) is 0.450. The molecule has 0 saturated carbocycles. The molecule has 136 valence electrons. The van der Waals surface area contributed by atoms with Crippen LogP contribution < -0.4 is 15.6 Å². The van der Waals surface area contributed by atoms with Crippen molar-refractivity contribution in [3.63, 3.8) is 0 Å². The Kier molecular flexibility index (Phi) is 7.15. The number of thiocarbonyl (C=S) groups is 1. The molecule has 1 fully saturated rings. The maximum absolute atomic E-state index is 12.6. The predicted molar refractivity (Wildman–Crippen MR) is 100 cm³/mol. The van der Waals surface area contributed by atoms with E-state index in [1.807, 2.05) is 6.07 Å². The number of benzene rings is 1. The molecule has 2 rings (SSSR count). The zero-order valence-electron chi connectivity index (χ0n) is 14.6. The summed E-state index contributed by atoms with van der Waals surface area (Å²) in [5.74, 6) is -0.261. The fourth-order valence-corrected chi connectivity index (χ4v) is 2.75. The van der Waals surface area contributed by atoms with E-state index in [4.69, 9.17) is 17.0 Å². The van der Waals surface area contributed by atoms with Crippen LogP contribution in [0, 0.1) is 0 Å². The van der Waals surface area contributed by atoms with Crippen LogP contribution in [0.5, 0.6) is 0 Å². The summed E-state index contributed by atoms with van der Waals surface area (Å²) in [7, 11) is 3.32. The maximum atomic E-state index is 12.6. The third-order valence-corrected chi connectivity index (χ3v) is 4.31. The highest BCUT2D eigenvalue weighted by atomic mass is 32.1. The Hall–Kier alpha value is -2.19. The second kappa shape index (κ2) is 9.33. The normalized spacial score (nSPS) is 13.7. The number of carbonyl (C=O) groups excluding carboxylic acids is 2. The van der Waals surface area contributed by atoms with Crippen LogP contribution in [-0.4, -0.2) is 55.8 Å². The van der Waals surface area contributed by atoms with Gasteiger partial charge in [-0.1, -0.05) is 12.1 Å². The molecule has 0 bridgehead atoms. The van der Waals surface area contributed by atoms with Crippen molar-refractivity contribution in [1.29, 1.82) is 0 Å². The molecule has 0 spiro atoms. The van der Waals surface area contributed by atoms with E-state index in [1.54, 1.807) is 37.3 Å². The molecule has 1 aliphatic rings. The van der Waals surface area contributed by atoms with Gasteiger partial charge in [-0.3, -0.25) is 20.0 Å². The van der Waals surface area contributed by atoms with Crippen molar-refractivity contribution in [2.24, 2.45) is 0 Å². The minimum Gasteiger partial charge on any atom is -0.385 e. The summed E-state index contributed by atoms with van der Waals surface area (Å²) < 4.78 is 4.98. The Morgan fingerprint density at radius 2 is 2.16 bits per heavy atom. The van der Waals surface area contributed by atoms with Crippen LogP contribution >= 0.6 is 12.2 Å². The van der Waals surface area contributed by atoms with Crippen LogP contribution in [-0.2, 0) is 9.53 Å². The van der Waals surface area contributed by atoms with E-state index in [1.165, 1.54) is 5.01 Å². The fourth-order valence-electron chi connectivity index (χ4n) is 2.60. The van der Waals surface area contributed by atoms with Gasteiger partial charge >= 0.3 is 0 Å². The molecular formula is C17H24N4O3S. The van der Waals surface area contributed by atoms with E-state index in [2.05, 4.69) is 10.7 Å². The molecule has 0 radical (unpaired) electrons. The lowest BCUT2D eigenvalue weighted by molar-refractivity contribution is -0.117. The molecule has 0 aliphatic carbocycles. The highest BCUT2D eigenvalue weighted by Gasteiger charge is 2.26. The van der Waals surface area contributed by atoms with Gasteiger partial charge in [-0.05, 0) is 37.2 Å². The number of amides is 2. The van der Waals surface area contributed by atoms with E-state index < -0.39 is 0 Å². The Labute approximate surface area is 153 Å². The Morgan fingerprint density at radius 1 is 1.40 bits per heavy atom. The number of para-hydroxylation sites is 1. The standard InChI is InChI=1S/C17H24N4O3S/c1-20(17(25)18-10-6-12-24-2)19-16(23)13-7-3-4-8-14(13)21-11-5-9-15(21)22/h3-4,7-8H,5-6,9-12H2,1-2H3,(H,18,25)(H,19,23). The van der Waals surface area contributed by atoms with Crippen molar-refractivity contribution >= 4 is 34.8 Å². The SMILES string of the molecule is COCCCNC(=S)N(C)NC(=O)c1ccccc1N1CCCC1=O. The molecule has 8 heteroatoms. The number of nitrogens with zero attached hydrogens (tertiary/aromatic N) is 2. The minimum atomic E-state index is -0.307. The summed E-state index contributed by atoms with van der Waals surface area (Å²) in [6.07, 6.45) is 2.15. The monoisotopic (exact) mass is 364 g/mol. The molecule has 1 saturated heterocycles. The number of carbonyl (C=O) groups is 2. The summed E-state index contributed by atoms with van der Waals surface area (Å²) in [6.45, 7) is 1.94. The van der Waals surface area contributed by atoms with E-state index in [9.17, 15) is 9.59 Å². The largest absolute Gasteiger partial charge is 0.385 e. The topological polar surface area (TPSA) is 73.9 Å². The second-order valence-corrected chi connectivity index (χ2v) is 6.13. The average molecular weight is 364 g/mol. The molecule has 1 aliphatic heterocycles. The number of rotatable bonds is 6. The molecule has 7 nitrogen and oxygen atoms in total. The molecule has 25 heavy (non-hydrogen) atoms. The van der Waals surface area contributed by atoms with Crippen molar-refractivity contribution in [2.45, 2.75) is 19.3 Å². The molecule has 0 atom stereocenters. The van der Waals surface area contributed by atoms with Crippen molar-refractivity contribution in [2.75, 3.05) is 38.8 Å². The van der Waals surface area contributed by atoms with Crippen LogP contribution in [0.15, 0.2) is 24.3 Å². The summed E-state index contributed by atoms with van der Waals surface area (Å²) in [6, 6.07) is 7.10. The first kappa shape index (κ1) is 19.1. The van der Waals surface area contributed by atoms with Crippen molar-refractivity contribution in [1.82, 2.24) is 15.8 Å². The number of hydrogen-bond acceptors (Lipinski definition) is 4. The van der Waals surface area contributed by atoms with Crippen molar-refractivity contribution in [3.05, 3.63) is 29.8 Å². The summed E-state index contributed by atoms with van der Waals surface area (Å²) in [5, 5.41) is 4.93. The van der Waals surface area contributed by atoms with Gasteiger partial charge in [0.2, 0.25) is 5.91 Å².